The van der Waals surface area contributed by atoms with Crippen molar-refractivity contribution in [2.45, 2.75) is 25.7 Å². The van der Waals surface area contributed by atoms with Gasteiger partial charge in [-0.25, -0.2) is 0 Å². The van der Waals surface area contributed by atoms with Gasteiger partial charge < -0.3 is 10.6 Å². The molecule has 1 saturated carbocycles. The topological polar surface area (TPSA) is 72.8 Å². The number of thiocarbonyl (C=S) groups is 2. The predicted molar refractivity (Wildman–Crippen MR) is 135 cm³/mol. The van der Waals surface area contributed by atoms with Gasteiger partial charge in [-0.15, -0.1) is 0 Å². The van der Waals surface area contributed by atoms with Crippen LogP contribution in [0.25, 0.3) is 0 Å². The number of anilines is 2. The molecule has 1 fully saturated rings. The number of hydrogen-bond donors (Lipinski definition) is 4. The van der Waals surface area contributed by atoms with Crippen molar-refractivity contribution in [3.05, 3.63) is 58.6 Å². The van der Waals surface area contributed by atoms with E-state index in [1.165, 1.54) is 0 Å². The SMILES string of the molecule is S=C(N/N=C1/CCC/C(=N/NC(=S)Nc2ccccc2Cl)C1)Nc1ccccc1Cl. The second kappa shape index (κ2) is 11.2. The molecule has 4 N–H and O–H groups in total. The smallest absolute Gasteiger partial charge is 0.191 e. The number of hydrogen-bond acceptors (Lipinski definition) is 4. The van der Waals surface area contributed by atoms with Gasteiger partial charge in [-0.3, -0.25) is 10.9 Å². The third-order valence-corrected chi connectivity index (χ3v) is 5.26. The van der Waals surface area contributed by atoms with Gasteiger partial charge in [0, 0.05) is 17.8 Å². The van der Waals surface area contributed by atoms with Crippen LogP contribution < -0.4 is 21.5 Å². The molecule has 0 amide bonds. The second-order valence-corrected chi connectivity index (χ2v) is 8.11. The first-order valence-corrected chi connectivity index (χ1v) is 10.8. The van der Waals surface area contributed by atoms with Crippen LogP contribution in [0, 0.1) is 0 Å². The van der Waals surface area contributed by atoms with Crippen LogP contribution in [0.2, 0.25) is 10.0 Å². The van der Waals surface area contributed by atoms with E-state index in [4.69, 9.17) is 47.6 Å². The Bertz CT molecular complexity index is 915. The molecule has 0 aliphatic heterocycles. The summed E-state index contributed by atoms with van der Waals surface area (Å²) in [7, 11) is 0. The van der Waals surface area contributed by atoms with E-state index < -0.39 is 0 Å². The van der Waals surface area contributed by atoms with Crippen LogP contribution in [0.4, 0.5) is 11.4 Å². The lowest BCUT2D eigenvalue weighted by Crippen LogP contribution is -2.29. The number of hydrazone groups is 2. The van der Waals surface area contributed by atoms with Crippen molar-refractivity contribution >= 4 is 80.7 Å². The van der Waals surface area contributed by atoms with Crippen molar-refractivity contribution in [2.24, 2.45) is 10.2 Å². The molecule has 0 spiro atoms. The van der Waals surface area contributed by atoms with Crippen molar-refractivity contribution in [3.8, 4) is 0 Å². The Morgan fingerprint density at radius 1 is 0.733 bits per heavy atom. The van der Waals surface area contributed by atoms with Gasteiger partial charge in [-0.1, -0.05) is 47.5 Å². The maximum atomic E-state index is 6.12. The Kier molecular flexibility index (Phi) is 8.39. The molecule has 30 heavy (non-hydrogen) atoms. The first kappa shape index (κ1) is 22.4. The molecule has 0 heterocycles. The van der Waals surface area contributed by atoms with Crippen molar-refractivity contribution in [3.63, 3.8) is 0 Å². The van der Waals surface area contributed by atoms with Gasteiger partial charge in [-0.05, 0) is 68.0 Å². The first-order valence-electron chi connectivity index (χ1n) is 9.25. The maximum Gasteiger partial charge on any atom is 0.191 e. The van der Waals surface area contributed by atoms with Gasteiger partial charge in [0.25, 0.3) is 0 Å². The Morgan fingerprint density at radius 2 is 1.17 bits per heavy atom. The molecule has 0 bridgehead atoms. The molecular formula is C20H20Cl2N6S2. The van der Waals surface area contributed by atoms with Crippen LogP contribution in [0.5, 0.6) is 0 Å². The summed E-state index contributed by atoms with van der Waals surface area (Å²) in [6.45, 7) is 0. The van der Waals surface area contributed by atoms with E-state index in [0.29, 0.717) is 26.7 Å². The number of halogens is 2. The molecule has 0 saturated heterocycles. The highest BCUT2D eigenvalue weighted by Gasteiger charge is 2.14. The molecule has 0 unspecified atom stereocenters. The van der Waals surface area contributed by atoms with E-state index in [2.05, 4.69) is 31.7 Å². The minimum absolute atomic E-state index is 0.378. The van der Waals surface area contributed by atoms with Crippen LogP contribution in [-0.2, 0) is 0 Å². The van der Waals surface area contributed by atoms with Crippen molar-refractivity contribution in [2.75, 3.05) is 10.6 Å². The average molecular weight is 479 g/mol. The summed E-state index contributed by atoms with van der Waals surface area (Å²) in [6.07, 6.45) is 3.35. The molecular weight excluding hydrogens is 459 g/mol. The molecule has 1 aliphatic carbocycles. The van der Waals surface area contributed by atoms with Gasteiger partial charge in [0.05, 0.1) is 21.4 Å². The third kappa shape index (κ3) is 6.91. The molecule has 0 aromatic heterocycles. The van der Waals surface area contributed by atoms with Crippen molar-refractivity contribution in [1.29, 1.82) is 0 Å². The molecule has 156 valence electrons. The van der Waals surface area contributed by atoms with Gasteiger partial charge >= 0.3 is 0 Å². The monoisotopic (exact) mass is 478 g/mol. The fourth-order valence-electron chi connectivity index (χ4n) is 2.79. The molecule has 0 atom stereocenters. The van der Waals surface area contributed by atoms with E-state index in [0.717, 1.165) is 42.1 Å². The number of nitrogens with one attached hydrogen (secondary N) is 4. The molecule has 10 heteroatoms. The minimum atomic E-state index is 0.378. The summed E-state index contributed by atoms with van der Waals surface area (Å²) in [5.74, 6) is 0. The van der Waals surface area contributed by atoms with Gasteiger partial charge in [0.1, 0.15) is 0 Å². The fraction of sp³-hybridized carbons (Fsp3) is 0.200. The van der Waals surface area contributed by atoms with Crippen LogP contribution in [0.1, 0.15) is 25.7 Å². The minimum Gasteiger partial charge on any atom is -0.330 e. The Hall–Kier alpha value is -2.26. The zero-order chi connectivity index (χ0) is 21.3. The summed E-state index contributed by atoms with van der Waals surface area (Å²) in [6, 6.07) is 14.8. The zero-order valence-electron chi connectivity index (χ0n) is 15.9. The van der Waals surface area contributed by atoms with Crippen LogP contribution in [-0.4, -0.2) is 21.6 Å². The average Bonchev–Trinajstić information content (AvgIpc) is 2.74. The summed E-state index contributed by atoms with van der Waals surface area (Å²) in [4.78, 5) is 0. The van der Waals surface area contributed by atoms with Crippen molar-refractivity contribution in [1.82, 2.24) is 10.9 Å². The molecule has 3 rings (SSSR count). The van der Waals surface area contributed by atoms with Crippen LogP contribution >= 0.6 is 47.6 Å². The fourth-order valence-corrected chi connectivity index (χ4v) is 3.46. The largest absolute Gasteiger partial charge is 0.330 e. The summed E-state index contributed by atoms with van der Waals surface area (Å²) >= 11 is 22.8. The maximum absolute atomic E-state index is 6.12. The van der Waals surface area contributed by atoms with Crippen LogP contribution in [0.3, 0.4) is 0 Å². The summed E-state index contributed by atoms with van der Waals surface area (Å²) in [5, 5.41) is 16.8. The summed E-state index contributed by atoms with van der Waals surface area (Å²) < 4.78 is 0. The lowest BCUT2D eigenvalue weighted by Gasteiger charge is -2.17. The molecule has 1 aliphatic rings. The van der Waals surface area contributed by atoms with Gasteiger partial charge in [-0.2, -0.15) is 10.2 Å². The molecule has 2 aromatic rings. The third-order valence-electron chi connectivity index (χ3n) is 4.21. The van der Waals surface area contributed by atoms with Gasteiger partial charge in [0.15, 0.2) is 10.2 Å². The number of nitrogens with zero attached hydrogens (tertiary/aromatic N) is 2. The highest BCUT2D eigenvalue weighted by molar-refractivity contribution is 7.80. The lowest BCUT2D eigenvalue weighted by atomic mass is 9.97. The molecule has 6 nitrogen and oxygen atoms in total. The second-order valence-electron chi connectivity index (χ2n) is 6.48. The summed E-state index contributed by atoms with van der Waals surface area (Å²) in [5.41, 5.74) is 9.14. The van der Waals surface area contributed by atoms with Gasteiger partial charge in [0.2, 0.25) is 0 Å². The van der Waals surface area contributed by atoms with E-state index in [-0.39, 0.29) is 0 Å². The lowest BCUT2D eigenvalue weighted by molar-refractivity contribution is 0.841. The highest BCUT2D eigenvalue weighted by Crippen LogP contribution is 2.21. The Balaban J connectivity index is 1.50. The van der Waals surface area contributed by atoms with E-state index in [1.807, 2.05) is 36.4 Å². The molecule has 0 radical (unpaired) electrons. The normalized spacial score (nSPS) is 16.2. The Labute approximate surface area is 196 Å². The zero-order valence-corrected chi connectivity index (χ0v) is 19.1. The Morgan fingerprint density at radius 3 is 1.60 bits per heavy atom. The predicted octanol–water partition coefficient (Wildman–Crippen LogP) is 5.55. The van der Waals surface area contributed by atoms with E-state index in [1.54, 1.807) is 12.1 Å². The number of para-hydroxylation sites is 2. The quantitative estimate of drug-likeness (QED) is 0.340. The van der Waals surface area contributed by atoms with Crippen molar-refractivity contribution < 1.29 is 0 Å². The number of benzene rings is 2. The van der Waals surface area contributed by atoms with Crippen LogP contribution in [0.15, 0.2) is 58.7 Å². The first-order chi connectivity index (χ1) is 14.5. The van der Waals surface area contributed by atoms with E-state index in [9.17, 15) is 0 Å². The highest BCUT2D eigenvalue weighted by atomic mass is 35.5. The van der Waals surface area contributed by atoms with E-state index >= 15 is 0 Å². The number of rotatable bonds is 4. The standard InChI is InChI=1S/C20H20Cl2N6S2/c21-15-8-1-3-10-17(15)23-19(29)27-25-13-6-5-7-14(12-13)26-28-20(30)24-18-11-4-2-9-16(18)22/h1-4,8-11H,5-7,12H2,(H2,23,27,29)(H2,24,28,30)/b25-13-,26-14-. The molecule has 2 aromatic carbocycles.